The largest absolute Gasteiger partial charge is 0.361 e. The van der Waals surface area contributed by atoms with Gasteiger partial charge in [-0.15, -0.1) is 0 Å². The molecule has 4 rings (SSSR count). The molecule has 0 bridgehead atoms. The summed E-state index contributed by atoms with van der Waals surface area (Å²) in [4.78, 5) is 24.3. The molecule has 8 heteroatoms. The van der Waals surface area contributed by atoms with Gasteiger partial charge in [-0.25, -0.2) is 9.97 Å². The highest BCUT2D eigenvalue weighted by Gasteiger charge is 2.17. The van der Waals surface area contributed by atoms with Crippen molar-refractivity contribution >= 4 is 34.0 Å². The third kappa shape index (κ3) is 3.26. The summed E-state index contributed by atoms with van der Waals surface area (Å²) >= 11 is 0. The summed E-state index contributed by atoms with van der Waals surface area (Å²) in [6, 6.07) is 8.29. The van der Waals surface area contributed by atoms with Gasteiger partial charge in [0.25, 0.3) is 0 Å². The molecule has 0 saturated carbocycles. The van der Waals surface area contributed by atoms with Crippen LogP contribution in [-0.2, 0) is 6.54 Å². The number of aromatic amines is 1. The third-order valence-corrected chi connectivity index (χ3v) is 4.87. The van der Waals surface area contributed by atoms with Gasteiger partial charge in [-0.05, 0) is 39.8 Å². The molecule has 0 saturated heterocycles. The number of imidazole rings is 2. The van der Waals surface area contributed by atoms with Crippen LogP contribution in [0.25, 0.3) is 22.2 Å². The molecule has 0 radical (unpaired) electrons. The number of nitrogens with one attached hydrogen (secondary N) is 2. The van der Waals surface area contributed by atoms with E-state index in [0.717, 1.165) is 46.9 Å². The molecule has 2 N–H and O–H groups in total. The average molecular weight is 378 g/mol. The number of fused-ring (bicyclic) bond motifs is 2. The van der Waals surface area contributed by atoms with Crippen molar-refractivity contribution in [2.24, 2.45) is 0 Å². The van der Waals surface area contributed by atoms with E-state index < -0.39 is 0 Å². The van der Waals surface area contributed by atoms with E-state index in [1.165, 1.54) is 0 Å². The van der Waals surface area contributed by atoms with Crippen LogP contribution in [-0.4, -0.2) is 42.6 Å². The van der Waals surface area contributed by atoms with Gasteiger partial charge in [-0.2, -0.15) is 9.97 Å². The van der Waals surface area contributed by atoms with Crippen LogP contribution in [0.1, 0.15) is 39.6 Å². The van der Waals surface area contributed by atoms with Crippen molar-refractivity contribution in [3.8, 4) is 0 Å². The second-order valence-electron chi connectivity index (χ2n) is 7.02. The zero-order chi connectivity index (χ0) is 19.7. The summed E-state index contributed by atoms with van der Waals surface area (Å²) in [5, 5.41) is 3.41. The molecule has 8 nitrogen and oxygen atoms in total. The summed E-state index contributed by atoms with van der Waals surface area (Å²) in [6.07, 6.45) is 1.84. The second-order valence-corrected chi connectivity index (χ2v) is 7.02. The van der Waals surface area contributed by atoms with Crippen molar-refractivity contribution in [3.63, 3.8) is 0 Å². The normalized spacial score (nSPS) is 11.6. The Hall–Kier alpha value is -3.16. The van der Waals surface area contributed by atoms with Crippen molar-refractivity contribution < 1.29 is 0 Å². The van der Waals surface area contributed by atoms with E-state index in [4.69, 9.17) is 9.97 Å². The SMILES string of the molecule is CCN(CC)c1nc(NCc2nc3ccccc3[nH]2)c2ncn(C(C)C)c2n1. The zero-order valence-corrected chi connectivity index (χ0v) is 16.8. The predicted molar refractivity (Wildman–Crippen MR) is 113 cm³/mol. The first-order valence-electron chi connectivity index (χ1n) is 9.77. The monoisotopic (exact) mass is 378 g/mol. The zero-order valence-electron chi connectivity index (χ0n) is 16.8. The van der Waals surface area contributed by atoms with E-state index in [1.807, 2.05) is 30.6 Å². The van der Waals surface area contributed by atoms with Gasteiger partial charge in [0.2, 0.25) is 5.95 Å². The number of aromatic nitrogens is 6. The van der Waals surface area contributed by atoms with Crippen LogP contribution in [0.4, 0.5) is 11.8 Å². The molecule has 0 unspecified atom stereocenters. The van der Waals surface area contributed by atoms with Crippen molar-refractivity contribution in [3.05, 3.63) is 36.4 Å². The Morgan fingerprint density at radius 2 is 1.89 bits per heavy atom. The number of benzene rings is 1. The summed E-state index contributed by atoms with van der Waals surface area (Å²) < 4.78 is 2.08. The van der Waals surface area contributed by atoms with Gasteiger partial charge in [-0.1, -0.05) is 12.1 Å². The Bertz CT molecular complexity index is 1060. The molecule has 146 valence electrons. The Morgan fingerprint density at radius 3 is 2.61 bits per heavy atom. The molecule has 0 aliphatic heterocycles. The maximum absolute atomic E-state index is 4.80. The summed E-state index contributed by atoms with van der Waals surface area (Å²) in [7, 11) is 0. The van der Waals surface area contributed by atoms with Gasteiger partial charge in [0.15, 0.2) is 17.0 Å². The number of H-pyrrole nitrogens is 1. The van der Waals surface area contributed by atoms with Crippen LogP contribution < -0.4 is 10.2 Å². The van der Waals surface area contributed by atoms with Crippen LogP contribution in [0.15, 0.2) is 30.6 Å². The van der Waals surface area contributed by atoms with E-state index in [1.54, 1.807) is 0 Å². The lowest BCUT2D eigenvalue weighted by Crippen LogP contribution is -2.25. The fourth-order valence-corrected chi connectivity index (χ4v) is 3.31. The van der Waals surface area contributed by atoms with E-state index in [0.29, 0.717) is 12.5 Å². The van der Waals surface area contributed by atoms with E-state index in [9.17, 15) is 0 Å². The average Bonchev–Trinajstić information content (AvgIpc) is 3.31. The molecular formula is C20H26N8. The Kier molecular flexibility index (Phi) is 4.85. The number of nitrogens with zero attached hydrogens (tertiary/aromatic N) is 6. The number of rotatable bonds is 7. The topological polar surface area (TPSA) is 87.5 Å². The smallest absolute Gasteiger partial charge is 0.229 e. The van der Waals surface area contributed by atoms with Gasteiger partial charge in [0.1, 0.15) is 5.82 Å². The minimum atomic E-state index is 0.271. The van der Waals surface area contributed by atoms with Crippen molar-refractivity contribution in [1.29, 1.82) is 0 Å². The fourth-order valence-electron chi connectivity index (χ4n) is 3.31. The molecule has 4 aromatic rings. The molecule has 1 aromatic carbocycles. The molecule has 3 aromatic heterocycles. The Morgan fingerprint density at radius 1 is 1.11 bits per heavy atom. The summed E-state index contributed by atoms with van der Waals surface area (Å²) in [6.45, 7) is 10.7. The van der Waals surface area contributed by atoms with E-state index >= 15 is 0 Å². The molecule has 0 amide bonds. The Labute approximate surface area is 164 Å². The first-order valence-corrected chi connectivity index (χ1v) is 9.77. The maximum atomic E-state index is 4.80. The number of hydrogen-bond donors (Lipinski definition) is 2. The highest BCUT2D eigenvalue weighted by atomic mass is 15.3. The highest BCUT2D eigenvalue weighted by molar-refractivity contribution is 5.84. The quantitative estimate of drug-likeness (QED) is 0.509. The van der Waals surface area contributed by atoms with Crippen molar-refractivity contribution in [2.45, 2.75) is 40.3 Å². The van der Waals surface area contributed by atoms with Crippen LogP contribution in [0, 0.1) is 0 Å². The second kappa shape index (κ2) is 7.46. The predicted octanol–water partition coefficient (Wildman–Crippen LogP) is 3.74. The molecule has 28 heavy (non-hydrogen) atoms. The summed E-state index contributed by atoms with van der Waals surface area (Å²) in [5.41, 5.74) is 3.61. The lowest BCUT2D eigenvalue weighted by atomic mass is 10.3. The number of anilines is 2. The van der Waals surface area contributed by atoms with Gasteiger partial charge in [0.05, 0.1) is 23.9 Å². The van der Waals surface area contributed by atoms with Crippen LogP contribution in [0.5, 0.6) is 0 Å². The van der Waals surface area contributed by atoms with Gasteiger partial charge in [-0.3, -0.25) is 0 Å². The van der Waals surface area contributed by atoms with Crippen LogP contribution >= 0.6 is 0 Å². The third-order valence-electron chi connectivity index (χ3n) is 4.87. The van der Waals surface area contributed by atoms with Gasteiger partial charge in [0, 0.05) is 19.1 Å². The minimum Gasteiger partial charge on any atom is -0.361 e. The van der Waals surface area contributed by atoms with E-state index in [2.05, 4.69) is 57.4 Å². The van der Waals surface area contributed by atoms with Gasteiger partial charge >= 0.3 is 0 Å². The molecule has 0 aliphatic carbocycles. The molecule has 3 heterocycles. The Balaban J connectivity index is 1.71. The van der Waals surface area contributed by atoms with Gasteiger partial charge < -0.3 is 19.8 Å². The standard InChI is InChI=1S/C20H26N8/c1-5-27(6-2)20-25-18(17-19(26-20)28(12-22-17)13(3)4)21-11-16-23-14-9-7-8-10-15(14)24-16/h7-10,12-13H,5-6,11H2,1-4H3,(H,23,24)(H,21,25,26). The summed E-state index contributed by atoms with van der Waals surface area (Å²) in [5.74, 6) is 2.31. The number of hydrogen-bond acceptors (Lipinski definition) is 6. The first-order chi connectivity index (χ1) is 13.6. The molecule has 0 spiro atoms. The molecule has 0 aliphatic rings. The van der Waals surface area contributed by atoms with Crippen molar-refractivity contribution in [1.82, 2.24) is 29.5 Å². The van der Waals surface area contributed by atoms with Crippen LogP contribution in [0.2, 0.25) is 0 Å². The first kappa shape index (κ1) is 18.2. The van der Waals surface area contributed by atoms with Crippen molar-refractivity contribution in [2.75, 3.05) is 23.3 Å². The maximum Gasteiger partial charge on any atom is 0.229 e. The highest BCUT2D eigenvalue weighted by Crippen LogP contribution is 2.25. The molecule has 0 fully saturated rings. The fraction of sp³-hybridized carbons (Fsp3) is 0.400. The minimum absolute atomic E-state index is 0.271. The lowest BCUT2D eigenvalue weighted by Gasteiger charge is -2.20. The lowest BCUT2D eigenvalue weighted by molar-refractivity contribution is 0.612. The number of para-hydroxylation sites is 2. The molecular weight excluding hydrogens is 352 g/mol. The van der Waals surface area contributed by atoms with Crippen LogP contribution in [0.3, 0.4) is 0 Å². The van der Waals surface area contributed by atoms with E-state index in [-0.39, 0.29) is 6.04 Å². The molecule has 0 atom stereocenters.